The van der Waals surface area contributed by atoms with E-state index in [1.165, 1.54) is 7.11 Å². The zero-order chi connectivity index (χ0) is 11.3. The highest BCUT2D eigenvalue weighted by Crippen LogP contribution is 2.10. The number of rotatable bonds is 4. The summed E-state index contributed by atoms with van der Waals surface area (Å²) in [5.74, 6) is -0.217. The Bertz CT molecular complexity index is 220. The third-order valence-electron chi connectivity index (χ3n) is 2.75. The summed E-state index contributed by atoms with van der Waals surface area (Å²) < 4.78 is 9.85. The highest BCUT2D eigenvalue weighted by Gasteiger charge is 2.31. The number of hydrogen-bond acceptors (Lipinski definition) is 5. The zero-order valence-electron chi connectivity index (χ0n) is 10.5. The van der Waals surface area contributed by atoms with Gasteiger partial charge in [0.05, 0.1) is 13.7 Å². The molecule has 1 heterocycles. The smallest absolute Gasteiger partial charge is 0.325 e. The molecule has 0 bridgehead atoms. The van der Waals surface area contributed by atoms with Gasteiger partial charge in [0.2, 0.25) is 0 Å². The van der Waals surface area contributed by atoms with Crippen molar-refractivity contribution in [2.75, 3.05) is 40.5 Å². The number of carbonyl (C=O) groups excluding carboxylic acids is 1. The molecule has 0 radical (unpaired) electrons. The first kappa shape index (κ1) is 19.3. The minimum atomic E-state index is -0.280. The largest absolute Gasteiger partial charge is 0.468 e. The predicted molar refractivity (Wildman–Crippen MR) is 71.2 cm³/mol. The van der Waals surface area contributed by atoms with Gasteiger partial charge in [0.15, 0.2) is 0 Å². The molecule has 0 aromatic rings. The maximum atomic E-state index is 11.6. The predicted octanol–water partition coefficient (Wildman–Crippen LogP) is 0.312. The van der Waals surface area contributed by atoms with E-state index in [0.717, 1.165) is 19.6 Å². The second-order valence-electron chi connectivity index (χ2n) is 3.79. The molecule has 1 aliphatic heterocycles. The molecule has 17 heavy (non-hydrogen) atoms. The van der Waals surface area contributed by atoms with Crippen LogP contribution in [0, 0.1) is 0 Å². The maximum Gasteiger partial charge on any atom is 0.325 e. The zero-order valence-corrected chi connectivity index (χ0v) is 12.1. The molecule has 104 valence electrons. The first-order valence-corrected chi connectivity index (χ1v) is 5.24. The van der Waals surface area contributed by atoms with Crippen LogP contribution in [0.15, 0.2) is 0 Å². The minimum absolute atomic E-state index is 0. The van der Waals surface area contributed by atoms with E-state index in [9.17, 15) is 4.79 Å². The second-order valence-corrected chi connectivity index (χ2v) is 3.79. The summed E-state index contributed by atoms with van der Waals surface area (Å²) in [7, 11) is 3.01. The van der Waals surface area contributed by atoms with Crippen molar-refractivity contribution in [1.29, 1.82) is 0 Å². The van der Waals surface area contributed by atoms with Crippen molar-refractivity contribution in [3.05, 3.63) is 0 Å². The summed E-state index contributed by atoms with van der Waals surface area (Å²) in [6, 6.07) is 0.0510. The highest BCUT2D eigenvalue weighted by molar-refractivity contribution is 5.85. The Hall–Kier alpha value is -0.0700. The number of methoxy groups -OCH3 is 2. The first-order chi connectivity index (χ1) is 7.20. The Balaban J connectivity index is 0. The van der Waals surface area contributed by atoms with Crippen LogP contribution in [0.3, 0.4) is 0 Å². The van der Waals surface area contributed by atoms with E-state index in [1.54, 1.807) is 7.11 Å². The van der Waals surface area contributed by atoms with Crippen molar-refractivity contribution in [3.63, 3.8) is 0 Å². The van der Waals surface area contributed by atoms with Crippen molar-refractivity contribution in [1.82, 2.24) is 10.2 Å². The lowest BCUT2D eigenvalue weighted by molar-refractivity contribution is -0.150. The van der Waals surface area contributed by atoms with Crippen LogP contribution in [0.4, 0.5) is 0 Å². The molecule has 1 fully saturated rings. The number of esters is 1. The van der Waals surface area contributed by atoms with Gasteiger partial charge in [-0.15, -0.1) is 24.8 Å². The van der Waals surface area contributed by atoms with E-state index in [2.05, 4.69) is 17.1 Å². The Labute approximate surface area is 115 Å². The molecule has 1 N–H and O–H groups in total. The van der Waals surface area contributed by atoms with Crippen molar-refractivity contribution in [2.24, 2.45) is 0 Å². The van der Waals surface area contributed by atoms with E-state index in [4.69, 9.17) is 9.47 Å². The van der Waals surface area contributed by atoms with Gasteiger partial charge in [-0.25, -0.2) is 0 Å². The van der Waals surface area contributed by atoms with E-state index in [0.29, 0.717) is 12.6 Å². The summed E-state index contributed by atoms with van der Waals surface area (Å²) in [5.41, 5.74) is 0. The maximum absolute atomic E-state index is 11.6. The standard InChI is InChI=1S/C10H20N2O3.2ClH/c1-8-6-11-4-5-12(8)9(7-14-2)10(13)15-3;;/h8-9,11H,4-7H2,1-3H3;2*1H/t8-,9?;;/m1../s1. The highest BCUT2D eigenvalue weighted by atomic mass is 35.5. The quantitative estimate of drug-likeness (QED) is 0.755. The van der Waals surface area contributed by atoms with Gasteiger partial charge in [-0.05, 0) is 6.92 Å². The van der Waals surface area contributed by atoms with Crippen LogP contribution in [-0.4, -0.2) is 63.4 Å². The molecule has 0 aliphatic carbocycles. The summed E-state index contributed by atoms with van der Waals surface area (Å²) in [5, 5.41) is 3.28. The number of carbonyl (C=O) groups is 1. The number of nitrogens with zero attached hydrogens (tertiary/aromatic N) is 1. The summed E-state index contributed by atoms with van der Waals surface area (Å²) >= 11 is 0. The fraction of sp³-hybridized carbons (Fsp3) is 0.900. The van der Waals surface area contributed by atoms with Crippen LogP contribution in [0.1, 0.15) is 6.92 Å². The molecule has 0 spiro atoms. The topological polar surface area (TPSA) is 50.8 Å². The molecule has 1 unspecified atom stereocenters. The van der Waals surface area contributed by atoms with Gasteiger partial charge < -0.3 is 14.8 Å². The molecule has 1 aliphatic rings. The number of piperazine rings is 1. The lowest BCUT2D eigenvalue weighted by atomic mass is 10.1. The van der Waals surface area contributed by atoms with E-state index < -0.39 is 0 Å². The van der Waals surface area contributed by atoms with E-state index in [-0.39, 0.29) is 36.8 Å². The van der Waals surface area contributed by atoms with Crippen LogP contribution in [0.5, 0.6) is 0 Å². The average Bonchev–Trinajstić information content (AvgIpc) is 2.26. The van der Waals surface area contributed by atoms with Crippen molar-refractivity contribution < 1.29 is 14.3 Å². The van der Waals surface area contributed by atoms with Crippen LogP contribution in [0.25, 0.3) is 0 Å². The number of halogens is 2. The Morgan fingerprint density at radius 2 is 2.12 bits per heavy atom. The average molecular weight is 289 g/mol. The second kappa shape index (κ2) is 9.91. The number of nitrogens with one attached hydrogen (secondary N) is 1. The molecule has 1 rings (SSSR count). The lowest BCUT2D eigenvalue weighted by Crippen LogP contribution is -2.57. The number of ether oxygens (including phenoxy) is 2. The van der Waals surface area contributed by atoms with Gasteiger partial charge in [0.1, 0.15) is 6.04 Å². The molecule has 0 amide bonds. The minimum Gasteiger partial charge on any atom is -0.468 e. The molecule has 1 saturated heterocycles. The fourth-order valence-electron chi connectivity index (χ4n) is 1.91. The Morgan fingerprint density at radius 1 is 1.47 bits per heavy atom. The normalized spacial score (nSPS) is 21.9. The number of hydrogen-bond donors (Lipinski definition) is 1. The van der Waals surface area contributed by atoms with Crippen LogP contribution < -0.4 is 5.32 Å². The van der Waals surface area contributed by atoms with Gasteiger partial charge in [-0.3, -0.25) is 9.69 Å². The molecular formula is C10H22Cl2N2O3. The van der Waals surface area contributed by atoms with Crippen molar-refractivity contribution >= 4 is 30.8 Å². The molecule has 5 nitrogen and oxygen atoms in total. The molecule has 0 aromatic heterocycles. The monoisotopic (exact) mass is 288 g/mol. The Kier molecular flexibility index (Phi) is 11.2. The molecule has 2 atom stereocenters. The van der Waals surface area contributed by atoms with Crippen LogP contribution in [-0.2, 0) is 14.3 Å². The van der Waals surface area contributed by atoms with Gasteiger partial charge in [0, 0.05) is 32.8 Å². The summed E-state index contributed by atoms with van der Waals surface area (Å²) in [6.07, 6.45) is 0. The van der Waals surface area contributed by atoms with Gasteiger partial charge in [-0.1, -0.05) is 0 Å². The third-order valence-corrected chi connectivity index (χ3v) is 2.75. The van der Waals surface area contributed by atoms with Crippen LogP contribution in [0.2, 0.25) is 0 Å². The van der Waals surface area contributed by atoms with Crippen molar-refractivity contribution in [3.8, 4) is 0 Å². The molecular weight excluding hydrogens is 267 g/mol. The fourth-order valence-corrected chi connectivity index (χ4v) is 1.91. The lowest BCUT2D eigenvalue weighted by Gasteiger charge is -2.38. The van der Waals surface area contributed by atoms with E-state index >= 15 is 0 Å². The van der Waals surface area contributed by atoms with Crippen LogP contribution >= 0.6 is 24.8 Å². The van der Waals surface area contributed by atoms with Gasteiger partial charge >= 0.3 is 5.97 Å². The molecule has 0 saturated carbocycles. The summed E-state index contributed by atoms with van der Waals surface area (Å²) in [6.45, 7) is 5.14. The van der Waals surface area contributed by atoms with Gasteiger partial charge in [0.25, 0.3) is 0 Å². The molecule has 7 heteroatoms. The SMILES string of the molecule is COCC(C(=O)OC)N1CCNC[C@H]1C.Cl.Cl. The summed E-state index contributed by atoms with van der Waals surface area (Å²) in [4.78, 5) is 13.7. The van der Waals surface area contributed by atoms with Gasteiger partial charge in [-0.2, -0.15) is 0 Å². The first-order valence-electron chi connectivity index (χ1n) is 5.24. The van der Waals surface area contributed by atoms with Crippen molar-refractivity contribution in [2.45, 2.75) is 19.0 Å². The third kappa shape index (κ3) is 5.40. The van der Waals surface area contributed by atoms with E-state index in [1.807, 2.05) is 0 Å². The molecule has 0 aromatic carbocycles. The Morgan fingerprint density at radius 3 is 2.59 bits per heavy atom.